The van der Waals surface area contributed by atoms with Crippen molar-refractivity contribution < 1.29 is 19.1 Å². The molecular formula is C20H26N2O4. The molecule has 0 aliphatic heterocycles. The summed E-state index contributed by atoms with van der Waals surface area (Å²) in [5, 5.41) is 5.35. The van der Waals surface area contributed by atoms with E-state index in [1.807, 2.05) is 30.3 Å². The van der Waals surface area contributed by atoms with Crippen molar-refractivity contribution in [3.05, 3.63) is 42.0 Å². The highest BCUT2D eigenvalue weighted by Gasteiger charge is 2.23. The van der Waals surface area contributed by atoms with Gasteiger partial charge in [-0.05, 0) is 30.4 Å². The predicted octanol–water partition coefficient (Wildman–Crippen LogP) is 2.05. The highest BCUT2D eigenvalue weighted by molar-refractivity contribution is 5.93. The lowest BCUT2D eigenvalue weighted by atomic mass is 9.86. The number of rotatable bonds is 7. The van der Waals surface area contributed by atoms with Crippen LogP contribution >= 0.6 is 0 Å². The summed E-state index contributed by atoms with van der Waals surface area (Å²) in [6, 6.07) is 9.51. The molecule has 2 atom stereocenters. The molecule has 140 valence electrons. The minimum absolute atomic E-state index is 0.151. The second kappa shape index (κ2) is 10.4. The number of hydrogen-bond donors (Lipinski definition) is 2. The number of amides is 2. The van der Waals surface area contributed by atoms with Crippen LogP contribution in [0.3, 0.4) is 0 Å². The predicted molar refractivity (Wildman–Crippen MR) is 99.0 cm³/mol. The second-order valence-corrected chi connectivity index (χ2v) is 6.56. The lowest BCUT2D eigenvalue weighted by molar-refractivity contribution is -0.148. The van der Waals surface area contributed by atoms with E-state index in [1.165, 1.54) is 12.5 Å². The number of benzene rings is 1. The summed E-state index contributed by atoms with van der Waals surface area (Å²) >= 11 is 0. The lowest BCUT2D eigenvalue weighted by Gasteiger charge is -2.29. The van der Waals surface area contributed by atoms with E-state index in [9.17, 15) is 14.4 Å². The third-order valence-electron chi connectivity index (χ3n) is 4.46. The Morgan fingerprint density at radius 1 is 1.15 bits per heavy atom. The summed E-state index contributed by atoms with van der Waals surface area (Å²) in [7, 11) is 0. The molecule has 2 amide bonds. The largest absolute Gasteiger partial charge is 0.454 e. The summed E-state index contributed by atoms with van der Waals surface area (Å²) in [6.07, 6.45) is 7.37. The number of esters is 1. The maximum Gasteiger partial charge on any atom is 0.325 e. The quantitative estimate of drug-likeness (QED) is 0.577. The molecule has 0 heterocycles. The van der Waals surface area contributed by atoms with Crippen LogP contribution in [-0.4, -0.2) is 37.0 Å². The molecule has 0 spiro atoms. The fourth-order valence-electron chi connectivity index (χ4n) is 2.93. The molecule has 6 nitrogen and oxygen atoms in total. The Labute approximate surface area is 154 Å². The Morgan fingerprint density at radius 3 is 2.62 bits per heavy atom. The first-order chi connectivity index (χ1) is 12.5. The van der Waals surface area contributed by atoms with Gasteiger partial charge in [0.05, 0.1) is 0 Å². The van der Waals surface area contributed by atoms with Crippen molar-refractivity contribution in [3.8, 4) is 0 Å². The number of ether oxygens (including phenoxy) is 1. The molecule has 1 aromatic carbocycles. The van der Waals surface area contributed by atoms with Crippen LogP contribution in [-0.2, 0) is 19.1 Å². The number of carbonyl (C=O) groups is 3. The van der Waals surface area contributed by atoms with E-state index in [0.717, 1.165) is 24.8 Å². The Balaban J connectivity index is 1.63. The number of carbonyl (C=O) groups excluding carboxylic acids is 3. The van der Waals surface area contributed by atoms with Gasteiger partial charge in [0, 0.05) is 12.1 Å². The van der Waals surface area contributed by atoms with Crippen LogP contribution in [0.1, 0.15) is 38.2 Å². The monoisotopic (exact) mass is 358 g/mol. The zero-order chi connectivity index (χ0) is 18.8. The highest BCUT2D eigenvalue weighted by Crippen LogP contribution is 2.23. The van der Waals surface area contributed by atoms with E-state index in [1.54, 1.807) is 6.08 Å². The van der Waals surface area contributed by atoms with E-state index < -0.39 is 11.9 Å². The van der Waals surface area contributed by atoms with Gasteiger partial charge in [0.1, 0.15) is 6.54 Å². The van der Waals surface area contributed by atoms with E-state index in [-0.39, 0.29) is 25.1 Å². The van der Waals surface area contributed by atoms with Gasteiger partial charge in [-0.15, -0.1) is 0 Å². The first-order valence-electron chi connectivity index (χ1n) is 9.00. The van der Waals surface area contributed by atoms with Crippen LogP contribution in [0.4, 0.5) is 0 Å². The van der Waals surface area contributed by atoms with Crippen LogP contribution in [0, 0.1) is 5.92 Å². The molecule has 1 aliphatic carbocycles. The second-order valence-electron chi connectivity index (χ2n) is 6.56. The van der Waals surface area contributed by atoms with Crippen molar-refractivity contribution in [3.63, 3.8) is 0 Å². The average Bonchev–Trinajstić information content (AvgIpc) is 2.65. The van der Waals surface area contributed by atoms with Gasteiger partial charge in [-0.2, -0.15) is 0 Å². The number of hydrogen-bond acceptors (Lipinski definition) is 4. The van der Waals surface area contributed by atoms with Gasteiger partial charge in [0.25, 0.3) is 5.91 Å². The van der Waals surface area contributed by atoms with Crippen molar-refractivity contribution in [1.82, 2.24) is 10.6 Å². The third-order valence-corrected chi connectivity index (χ3v) is 4.46. The molecule has 0 saturated heterocycles. The normalized spacial score (nSPS) is 19.7. The smallest absolute Gasteiger partial charge is 0.325 e. The lowest BCUT2D eigenvalue weighted by Crippen LogP contribution is -2.43. The van der Waals surface area contributed by atoms with Gasteiger partial charge in [-0.25, -0.2) is 0 Å². The fraction of sp³-hybridized carbons (Fsp3) is 0.450. The van der Waals surface area contributed by atoms with Gasteiger partial charge >= 0.3 is 5.97 Å². The van der Waals surface area contributed by atoms with E-state index >= 15 is 0 Å². The molecule has 0 unspecified atom stereocenters. The van der Waals surface area contributed by atoms with E-state index in [4.69, 9.17) is 4.74 Å². The Hall–Kier alpha value is -2.63. The molecule has 0 aromatic heterocycles. The molecule has 6 heteroatoms. The van der Waals surface area contributed by atoms with Crippen LogP contribution in [0.15, 0.2) is 36.4 Å². The third kappa shape index (κ3) is 7.09. The summed E-state index contributed by atoms with van der Waals surface area (Å²) < 4.78 is 4.90. The molecule has 26 heavy (non-hydrogen) atoms. The Kier molecular flexibility index (Phi) is 7.86. The number of nitrogens with one attached hydrogen (secondary N) is 2. The Morgan fingerprint density at radius 2 is 1.88 bits per heavy atom. The molecule has 2 rings (SSSR count). The van der Waals surface area contributed by atoms with Crippen LogP contribution < -0.4 is 10.6 Å². The first-order valence-corrected chi connectivity index (χ1v) is 9.00. The van der Waals surface area contributed by atoms with Crippen molar-refractivity contribution >= 4 is 23.9 Å². The van der Waals surface area contributed by atoms with Gasteiger partial charge in [0.15, 0.2) is 6.61 Å². The topological polar surface area (TPSA) is 84.5 Å². The van der Waals surface area contributed by atoms with Crippen LogP contribution in [0.5, 0.6) is 0 Å². The van der Waals surface area contributed by atoms with E-state index in [0.29, 0.717) is 5.92 Å². The molecule has 1 aromatic rings. The van der Waals surface area contributed by atoms with Gasteiger partial charge in [0.2, 0.25) is 5.91 Å². The zero-order valence-electron chi connectivity index (χ0n) is 15.1. The maximum absolute atomic E-state index is 11.9. The van der Waals surface area contributed by atoms with Gasteiger partial charge < -0.3 is 15.4 Å². The first kappa shape index (κ1) is 19.7. The molecule has 1 fully saturated rings. The van der Waals surface area contributed by atoms with Gasteiger partial charge in [-0.1, -0.05) is 50.1 Å². The summed E-state index contributed by atoms with van der Waals surface area (Å²) in [5.41, 5.74) is 0.888. The van der Waals surface area contributed by atoms with E-state index in [2.05, 4.69) is 17.6 Å². The van der Waals surface area contributed by atoms with Gasteiger partial charge in [-0.3, -0.25) is 14.4 Å². The minimum atomic E-state index is -0.640. The standard InChI is InChI=1S/C20H26N2O4/c1-15-7-5-6-10-17(15)22-19(24)14-26-20(25)13-21-18(23)12-11-16-8-3-2-4-9-16/h2-4,8-9,11-12,15,17H,5-7,10,13-14H2,1H3,(H,21,23)(H,22,24)/b12-11+/t15-,17-/m0/s1. The van der Waals surface area contributed by atoms with Crippen molar-refractivity contribution in [2.75, 3.05) is 13.2 Å². The summed E-state index contributed by atoms with van der Waals surface area (Å²) in [4.78, 5) is 35.2. The molecule has 1 saturated carbocycles. The molecule has 2 N–H and O–H groups in total. The van der Waals surface area contributed by atoms with Crippen LogP contribution in [0.25, 0.3) is 6.08 Å². The van der Waals surface area contributed by atoms with Crippen molar-refractivity contribution in [2.24, 2.45) is 5.92 Å². The maximum atomic E-state index is 11.9. The minimum Gasteiger partial charge on any atom is -0.454 e. The van der Waals surface area contributed by atoms with Crippen molar-refractivity contribution in [1.29, 1.82) is 0 Å². The molecular weight excluding hydrogens is 332 g/mol. The SMILES string of the molecule is C[C@H]1CCCC[C@@H]1NC(=O)COC(=O)CNC(=O)/C=C/c1ccccc1. The molecule has 1 aliphatic rings. The highest BCUT2D eigenvalue weighted by atomic mass is 16.5. The zero-order valence-corrected chi connectivity index (χ0v) is 15.1. The fourth-order valence-corrected chi connectivity index (χ4v) is 2.93. The molecule has 0 radical (unpaired) electrons. The average molecular weight is 358 g/mol. The van der Waals surface area contributed by atoms with Crippen LogP contribution in [0.2, 0.25) is 0 Å². The molecule has 0 bridgehead atoms. The Bertz CT molecular complexity index is 642. The summed E-state index contributed by atoms with van der Waals surface area (Å²) in [6.45, 7) is 1.53. The van der Waals surface area contributed by atoms with Crippen molar-refractivity contribution in [2.45, 2.75) is 38.6 Å². The summed E-state index contributed by atoms with van der Waals surface area (Å²) in [5.74, 6) is -0.893.